The Morgan fingerprint density at radius 2 is 1.42 bits per heavy atom. The Morgan fingerprint density at radius 3 is 1.92 bits per heavy atom. The summed E-state index contributed by atoms with van der Waals surface area (Å²) in [6.45, 7) is 1.92. The lowest BCUT2D eigenvalue weighted by molar-refractivity contribution is 0.102. The van der Waals surface area contributed by atoms with Crippen LogP contribution in [0.25, 0.3) is 0 Å². The van der Waals surface area contributed by atoms with E-state index in [1.807, 2.05) is 13.0 Å². The van der Waals surface area contributed by atoms with E-state index < -0.39 is 0 Å². The number of amides is 1. The molecule has 128 valence electrons. The molecule has 0 bridgehead atoms. The van der Waals surface area contributed by atoms with Crippen molar-refractivity contribution in [3.63, 3.8) is 0 Å². The van der Waals surface area contributed by atoms with E-state index in [1.165, 1.54) is 21.3 Å². The van der Waals surface area contributed by atoms with Crippen LogP contribution in [0.2, 0.25) is 0 Å². The van der Waals surface area contributed by atoms with E-state index >= 15 is 0 Å². The summed E-state index contributed by atoms with van der Waals surface area (Å²) in [6, 6.07) is 8.62. The molecule has 0 aliphatic rings. The summed E-state index contributed by atoms with van der Waals surface area (Å²) in [6.07, 6.45) is 0. The topological polar surface area (TPSA) is 66.0 Å². The molecule has 1 N–H and O–H groups in total. The second kappa shape index (κ2) is 7.59. The van der Waals surface area contributed by atoms with Crippen LogP contribution in [0.3, 0.4) is 0 Å². The predicted octanol–water partition coefficient (Wildman–Crippen LogP) is 3.28. The lowest BCUT2D eigenvalue weighted by Gasteiger charge is -2.15. The lowest BCUT2D eigenvalue weighted by Crippen LogP contribution is -2.12. The van der Waals surface area contributed by atoms with E-state index in [9.17, 15) is 4.79 Å². The molecule has 0 spiro atoms. The maximum Gasteiger partial charge on any atom is 0.255 e. The third-order valence-corrected chi connectivity index (χ3v) is 3.59. The number of methoxy groups -OCH3 is 4. The number of benzene rings is 2. The fourth-order valence-electron chi connectivity index (χ4n) is 2.32. The number of hydrogen-bond acceptors (Lipinski definition) is 5. The lowest BCUT2D eigenvalue weighted by atomic mass is 10.1. The van der Waals surface area contributed by atoms with Crippen molar-refractivity contribution in [3.05, 3.63) is 41.5 Å². The smallest absolute Gasteiger partial charge is 0.255 e. The van der Waals surface area contributed by atoms with Gasteiger partial charge in [0, 0.05) is 23.4 Å². The standard InChI is InChI=1S/C18H21NO5/c1-11-6-7-12(8-14(11)21-2)18(20)19-13-9-15(22-3)17(24-5)16(10-13)23-4/h6-10H,1-5H3,(H,19,20). The largest absolute Gasteiger partial charge is 0.496 e. The summed E-state index contributed by atoms with van der Waals surface area (Å²) in [7, 11) is 6.14. The summed E-state index contributed by atoms with van der Waals surface area (Å²) >= 11 is 0. The first-order valence-electron chi connectivity index (χ1n) is 7.30. The van der Waals surface area contributed by atoms with Crippen molar-refractivity contribution in [2.45, 2.75) is 6.92 Å². The molecule has 0 unspecified atom stereocenters. The van der Waals surface area contributed by atoms with Gasteiger partial charge >= 0.3 is 0 Å². The number of aryl methyl sites for hydroxylation is 1. The minimum absolute atomic E-state index is 0.262. The molecule has 0 aliphatic carbocycles. The molecule has 0 radical (unpaired) electrons. The van der Waals surface area contributed by atoms with E-state index in [4.69, 9.17) is 18.9 Å². The molecule has 0 aromatic heterocycles. The summed E-state index contributed by atoms with van der Waals surface area (Å²) in [5, 5.41) is 2.82. The molecule has 2 rings (SSSR count). The Balaban J connectivity index is 2.32. The first-order chi connectivity index (χ1) is 11.5. The van der Waals surface area contributed by atoms with Gasteiger partial charge in [-0.2, -0.15) is 0 Å². The van der Waals surface area contributed by atoms with Crippen molar-refractivity contribution in [1.29, 1.82) is 0 Å². The molecular formula is C18H21NO5. The van der Waals surface area contributed by atoms with E-state index in [-0.39, 0.29) is 5.91 Å². The maximum absolute atomic E-state index is 12.5. The Bertz CT molecular complexity index is 717. The first kappa shape index (κ1) is 17.5. The molecule has 0 heterocycles. The van der Waals surface area contributed by atoms with Crippen LogP contribution in [0.4, 0.5) is 5.69 Å². The van der Waals surface area contributed by atoms with Gasteiger partial charge in [-0.1, -0.05) is 6.07 Å². The van der Waals surface area contributed by atoms with Crippen molar-refractivity contribution >= 4 is 11.6 Å². The second-order valence-corrected chi connectivity index (χ2v) is 5.05. The number of rotatable bonds is 6. The van der Waals surface area contributed by atoms with Gasteiger partial charge in [0.2, 0.25) is 5.75 Å². The van der Waals surface area contributed by atoms with Crippen LogP contribution in [0.5, 0.6) is 23.0 Å². The molecule has 0 aliphatic heterocycles. The third-order valence-electron chi connectivity index (χ3n) is 3.59. The molecule has 6 nitrogen and oxygen atoms in total. The molecule has 0 atom stereocenters. The van der Waals surface area contributed by atoms with Gasteiger partial charge in [-0.25, -0.2) is 0 Å². The predicted molar refractivity (Wildman–Crippen MR) is 91.8 cm³/mol. The van der Waals surface area contributed by atoms with Crippen molar-refractivity contribution in [2.75, 3.05) is 33.8 Å². The van der Waals surface area contributed by atoms with E-state index in [0.717, 1.165) is 5.56 Å². The van der Waals surface area contributed by atoms with Crippen molar-refractivity contribution < 1.29 is 23.7 Å². The number of carbonyl (C=O) groups excluding carboxylic acids is 1. The normalized spacial score (nSPS) is 10.0. The van der Waals surface area contributed by atoms with Gasteiger partial charge in [0.1, 0.15) is 5.75 Å². The van der Waals surface area contributed by atoms with Crippen LogP contribution in [0, 0.1) is 6.92 Å². The van der Waals surface area contributed by atoms with Gasteiger partial charge in [-0.3, -0.25) is 4.79 Å². The molecule has 0 saturated heterocycles. The van der Waals surface area contributed by atoms with Crippen LogP contribution in [-0.4, -0.2) is 34.3 Å². The minimum Gasteiger partial charge on any atom is -0.496 e. The first-order valence-corrected chi connectivity index (χ1v) is 7.30. The minimum atomic E-state index is -0.262. The van der Waals surface area contributed by atoms with Gasteiger partial charge in [0.05, 0.1) is 28.4 Å². The highest BCUT2D eigenvalue weighted by molar-refractivity contribution is 6.04. The molecule has 6 heteroatoms. The Morgan fingerprint density at radius 1 is 0.833 bits per heavy atom. The Kier molecular flexibility index (Phi) is 5.52. The highest BCUT2D eigenvalue weighted by Gasteiger charge is 2.15. The number of anilines is 1. The van der Waals surface area contributed by atoms with Gasteiger partial charge in [0.15, 0.2) is 11.5 Å². The average molecular weight is 331 g/mol. The monoisotopic (exact) mass is 331 g/mol. The summed E-state index contributed by atoms with van der Waals surface area (Å²) in [5.41, 5.74) is 1.99. The zero-order chi connectivity index (χ0) is 17.7. The van der Waals surface area contributed by atoms with Crippen LogP contribution < -0.4 is 24.3 Å². The second-order valence-electron chi connectivity index (χ2n) is 5.05. The van der Waals surface area contributed by atoms with Crippen molar-refractivity contribution in [3.8, 4) is 23.0 Å². The quantitative estimate of drug-likeness (QED) is 0.880. The van der Waals surface area contributed by atoms with Crippen LogP contribution in [0.15, 0.2) is 30.3 Å². The van der Waals surface area contributed by atoms with E-state index in [0.29, 0.717) is 34.2 Å². The third kappa shape index (κ3) is 3.53. The number of hydrogen-bond donors (Lipinski definition) is 1. The summed E-state index contributed by atoms with van der Waals surface area (Å²) in [4.78, 5) is 12.5. The molecular weight excluding hydrogens is 310 g/mol. The highest BCUT2D eigenvalue weighted by Crippen LogP contribution is 2.40. The van der Waals surface area contributed by atoms with E-state index in [1.54, 1.807) is 31.4 Å². The SMILES string of the molecule is COc1cc(C(=O)Nc2cc(OC)c(OC)c(OC)c2)ccc1C. The Hall–Kier alpha value is -2.89. The summed E-state index contributed by atoms with van der Waals surface area (Å²) < 4.78 is 21.1. The number of carbonyl (C=O) groups is 1. The van der Waals surface area contributed by atoms with Crippen LogP contribution >= 0.6 is 0 Å². The number of nitrogens with one attached hydrogen (secondary N) is 1. The van der Waals surface area contributed by atoms with Crippen molar-refractivity contribution in [1.82, 2.24) is 0 Å². The fourth-order valence-corrected chi connectivity index (χ4v) is 2.32. The van der Waals surface area contributed by atoms with Gasteiger partial charge < -0.3 is 24.3 Å². The zero-order valence-electron chi connectivity index (χ0n) is 14.4. The van der Waals surface area contributed by atoms with Gasteiger partial charge in [-0.05, 0) is 24.6 Å². The summed E-state index contributed by atoms with van der Waals surface area (Å²) in [5.74, 6) is 1.80. The molecule has 2 aromatic rings. The number of ether oxygens (including phenoxy) is 4. The molecule has 0 saturated carbocycles. The Labute approximate surface area is 141 Å². The van der Waals surface area contributed by atoms with Crippen LogP contribution in [0.1, 0.15) is 15.9 Å². The highest BCUT2D eigenvalue weighted by atomic mass is 16.5. The van der Waals surface area contributed by atoms with Crippen molar-refractivity contribution in [2.24, 2.45) is 0 Å². The van der Waals surface area contributed by atoms with E-state index in [2.05, 4.69) is 5.32 Å². The molecule has 0 fully saturated rings. The molecule has 2 aromatic carbocycles. The zero-order valence-corrected chi connectivity index (χ0v) is 14.4. The molecule has 1 amide bonds. The fraction of sp³-hybridized carbons (Fsp3) is 0.278. The maximum atomic E-state index is 12.5. The van der Waals surface area contributed by atoms with Crippen LogP contribution in [-0.2, 0) is 0 Å². The molecule has 24 heavy (non-hydrogen) atoms. The van der Waals surface area contributed by atoms with Gasteiger partial charge in [-0.15, -0.1) is 0 Å². The van der Waals surface area contributed by atoms with Gasteiger partial charge in [0.25, 0.3) is 5.91 Å². The average Bonchev–Trinajstić information content (AvgIpc) is 2.60.